The maximum absolute atomic E-state index is 13.5. The smallest absolute Gasteiger partial charge is 0.425 e. The van der Waals surface area contributed by atoms with E-state index in [9.17, 15) is 23.9 Å². The Morgan fingerprint density at radius 1 is 0.853 bits per heavy atom. The van der Waals surface area contributed by atoms with Crippen molar-refractivity contribution in [1.82, 2.24) is 25.7 Å². The van der Waals surface area contributed by atoms with Gasteiger partial charge in [0.1, 0.15) is 11.5 Å². The van der Waals surface area contributed by atoms with Crippen LogP contribution in [-0.4, -0.2) is 37.9 Å². The normalized spacial score (nSPS) is 10.4. The van der Waals surface area contributed by atoms with Crippen molar-refractivity contribution in [1.29, 1.82) is 0 Å². The van der Waals surface area contributed by atoms with Crippen LogP contribution in [0.2, 0.25) is 0 Å². The molecule has 10 nitrogen and oxygen atoms in total. The molecule has 0 saturated heterocycles. The molecule has 0 saturated carbocycles. The van der Waals surface area contributed by atoms with E-state index in [-0.39, 0.29) is 22.5 Å². The fourth-order valence-corrected chi connectivity index (χ4v) is 3.23. The molecule has 2 aromatic heterocycles. The summed E-state index contributed by atoms with van der Waals surface area (Å²) in [4.78, 5) is 41.5. The summed E-state index contributed by atoms with van der Waals surface area (Å²) in [6.45, 7) is 0. The molecule has 0 aliphatic carbocycles. The van der Waals surface area contributed by atoms with E-state index in [1.165, 1.54) is 42.7 Å². The highest BCUT2D eigenvalue weighted by molar-refractivity contribution is 6.05. The lowest BCUT2D eigenvalue weighted by molar-refractivity contribution is 0.0841. The molecule has 11 heteroatoms. The third-order valence-corrected chi connectivity index (χ3v) is 4.70. The standard InChI is InChI=1S/C23H17FN6O4/c24-17-10-8-15(9-11-17)19-18(14-5-2-1-3-6-14)20(30(28-19)29-23(33)34)22(32)27-26-21(31)16-7-4-12-25-13-16/h1-13,29H,(H,26,31)(H,27,32)(H,33,34). The molecule has 0 fully saturated rings. The molecule has 170 valence electrons. The van der Waals surface area contributed by atoms with Crippen molar-refractivity contribution in [2.45, 2.75) is 0 Å². The molecule has 4 aromatic rings. The molecular formula is C23H17FN6O4. The van der Waals surface area contributed by atoms with E-state index in [0.717, 1.165) is 4.79 Å². The minimum atomic E-state index is -1.47. The van der Waals surface area contributed by atoms with Crippen LogP contribution < -0.4 is 16.3 Å². The number of nitrogens with zero attached hydrogens (tertiary/aromatic N) is 3. The van der Waals surface area contributed by atoms with Gasteiger partial charge in [0.05, 0.1) is 5.56 Å². The number of nitrogens with one attached hydrogen (secondary N) is 3. The highest BCUT2D eigenvalue weighted by Gasteiger charge is 2.27. The summed E-state index contributed by atoms with van der Waals surface area (Å²) in [5, 5.41) is 13.5. The Bertz CT molecular complexity index is 1340. The van der Waals surface area contributed by atoms with Crippen molar-refractivity contribution < 1.29 is 23.9 Å². The number of rotatable bonds is 5. The number of benzene rings is 2. The van der Waals surface area contributed by atoms with Gasteiger partial charge in [-0.1, -0.05) is 30.3 Å². The summed E-state index contributed by atoms with van der Waals surface area (Å²) < 4.78 is 13.5. The van der Waals surface area contributed by atoms with E-state index in [4.69, 9.17) is 0 Å². The zero-order valence-electron chi connectivity index (χ0n) is 17.4. The molecule has 0 bridgehead atoms. The first-order valence-corrected chi connectivity index (χ1v) is 9.89. The largest absolute Gasteiger partial charge is 0.464 e. The van der Waals surface area contributed by atoms with Crippen LogP contribution in [0.5, 0.6) is 0 Å². The molecule has 0 unspecified atom stereocenters. The molecule has 0 aliphatic rings. The van der Waals surface area contributed by atoms with Crippen LogP contribution >= 0.6 is 0 Å². The lowest BCUT2D eigenvalue weighted by Crippen LogP contribution is -2.43. The van der Waals surface area contributed by atoms with Crippen LogP contribution in [0.25, 0.3) is 22.4 Å². The van der Waals surface area contributed by atoms with E-state index in [1.54, 1.807) is 36.4 Å². The van der Waals surface area contributed by atoms with Gasteiger partial charge in [0.25, 0.3) is 11.8 Å². The molecule has 2 aromatic carbocycles. The minimum absolute atomic E-state index is 0.195. The molecule has 2 heterocycles. The summed E-state index contributed by atoms with van der Waals surface area (Å²) in [7, 11) is 0. The summed E-state index contributed by atoms with van der Waals surface area (Å²) in [5.41, 5.74) is 8.09. The van der Waals surface area contributed by atoms with Gasteiger partial charge in [-0.3, -0.25) is 25.4 Å². The molecule has 4 rings (SSSR count). The molecule has 0 atom stereocenters. The highest BCUT2D eigenvalue weighted by Crippen LogP contribution is 2.34. The maximum Gasteiger partial charge on any atom is 0.425 e. The second-order valence-electron chi connectivity index (χ2n) is 6.92. The molecule has 3 amide bonds. The summed E-state index contributed by atoms with van der Waals surface area (Å²) in [6.07, 6.45) is 1.34. The minimum Gasteiger partial charge on any atom is -0.464 e. The van der Waals surface area contributed by atoms with Gasteiger partial charge in [-0.15, -0.1) is 0 Å². The summed E-state index contributed by atoms with van der Waals surface area (Å²) >= 11 is 0. The number of hydrogen-bond donors (Lipinski definition) is 4. The zero-order valence-corrected chi connectivity index (χ0v) is 17.4. The number of hydrazine groups is 1. The fraction of sp³-hybridized carbons (Fsp3) is 0. The topological polar surface area (TPSA) is 138 Å². The first-order chi connectivity index (χ1) is 16.4. The Balaban J connectivity index is 1.79. The Kier molecular flexibility index (Phi) is 6.26. The quantitative estimate of drug-likeness (QED) is 0.338. The van der Waals surface area contributed by atoms with Crippen molar-refractivity contribution in [3.63, 3.8) is 0 Å². The predicted octanol–water partition coefficient (Wildman–Crippen LogP) is 3.05. The molecular weight excluding hydrogens is 443 g/mol. The number of hydrogen-bond acceptors (Lipinski definition) is 5. The number of carbonyl (C=O) groups excluding carboxylic acids is 2. The van der Waals surface area contributed by atoms with Gasteiger partial charge in [0, 0.05) is 23.5 Å². The average Bonchev–Trinajstić information content (AvgIpc) is 3.22. The van der Waals surface area contributed by atoms with Gasteiger partial charge in [0.2, 0.25) is 0 Å². The van der Waals surface area contributed by atoms with E-state index >= 15 is 0 Å². The second-order valence-corrected chi connectivity index (χ2v) is 6.92. The van der Waals surface area contributed by atoms with Gasteiger partial charge in [-0.05, 0) is 42.0 Å². The van der Waals surface area contributed by atoms with Crippen LogP contribution in [0.4, 0.5) is 9.18 Å². The van der Waals surface area contributed by atoms with Crippen molar-refractivity contribution in [2.24, 2.45) is 0 Å². The Hall–Kier alpha value is -5.06. The molecule has 0 spiro atoms. The number of halogens is 1. The third kappa shape index (κ3) is 4.72. The Morgan fingerprint density at radius 3 is 2.21 bits per heavy atom. The Labute approximate surface area is 192 Å². The molecule has 4 N–H and O–H groups in total. The predicted molar refractivity (Wildman–Crippen MR) is 120 cm³/mol. The first-order valence-electron chi connectivity index (χ1n) is 9.89. The highest BCUT2D eigenvalue weighted by atomic mass is 19.1. The van der Waals surface area contributed by atoms with Gasteiger partial charge in [-0.25, -0.2) is 14.6 Å². The van der Waals surface area contributed by atoms with Crippen molar-refractivity contribution in [2.75, 3.05) is 5.43 Å². The van der Waals surface area contributed by atoms with Gasteiger partial charge >= 0.3 is 6.09 Å². The fourth-order valence-electron chi connectivity index (χ4n) is 3.23. The number of aromatic nitrogens is 3. The lowest BCUT2D eigenvalue weighted by Gasteiger charge is -2.11. The number of carbonyl (C=O) groups is 3. The SMILES string of the molecule is O=C(O)Nn1nc(-c2ccc(F)cc2)c(-c2ccccc2)c1C(=O)NNC(=O)c1cccnc1. The zero-order chi connectivity index (χ0) is 24.1. The van der Waals surface area contributed by atoms with Crippen LogP contribution in [0.3, 0.4) is 0 Å². The van der Waals surface area contributed by atoms with Crippen LogP contribution in [-0.2, 0) is 0 Å². The molecule has 0 radical (unpaired) electrons. The number of carboxylic acid groups (broad SMARTS) is 1. The summed E-state index contributed by atoms with van der Waals surface area (Å²) in [5.74, 6) is -1.94. The van der Waals surface area contributed by atoms with E-state index < -0.39 is 23.7 Å². The van der Waals surface area contributed by atoms with Crippen molar-refractivity contribution >= 4 is 17.9 Å². The van der Waals surface area contributed by atoms with Crippen molar-refractivity contribution in [3.05, 3.63) is 96.2 Å². The molecule has 34 heavy (non-hydrogen) atoms. The second kappa shape index (κ2) is 9.61. The van der Waals surface area contributed by atoms with Gasteiger partial charge in [-0.2, -0.15) is 9.89 Å². The molecule has 0 aliphatic heterocycles. The lowest BCUT2D eigenvalue weighted by atomic mass is 9.98. The average molecular weight is 460 g/mol. The van der Waals surface area contributed by atoms with Crippen LogP contribution in [0, 0.1) is 5.82 Å². The third-order valence-electron chi connectivity index (χ3n) is 4.70. The Morgan fingerprint density at radius 2 is 1.56 bits per heavy atom. The van der Waals surface area contributed by atoms with E-state index in [0.29, 0.717) is 11.1 Å². The van der Waals surface area contributed by atoms with E-state index in [1.807, 2.05) is 5.43 Å². The van der Waals surface area contributed by atoms with Gasteiger partial charge in [0.15, 0.2) is 5.69 Å². The van der Waals surface area contributed by atoms with E-state index in [2.05, 4.69) is 20.9 Å². The number of amides is 3. The van der Waals surface area contributed by atoms with Crippen LogP contribution in [0.1, 0.15) is 20.8 Å². The first kappa shape index (κ1) is 22.1. The van der Waals surface area contributed by atoms with Gasteiger partial charge < -0.3 is 5.11 Å². The maximum atomic E-state index is 13.5. The summed E-state index contributed by atoms with van der Waals surface area (Å²) in [6, 6.07) is 17.1. The monoisotopic (exact) mass is 460 g/mol. The van der Waals surface area contributed by atoms with Crippen LogP contribution in [0.15, 0.2) is 79.1 Å². The van der Waals surface area contributed by atoms with Crippen molar-refractivity contribution in [3.8, 4) is 22.4 Å². The number of pyridine rings is 1.